The van der Waals surface area contributed by atoms with Crippen LogP contribution in [0.4, 0.5) is 0 Å². The predicted octanol–water partition coefficient (Wildman–Crippen LogP) is 1.63. The molecule has 0 aliphatic carbocycles. The van der Waals surface area contributed by atoms with Crippen molar-refractivity contribution in [3.05, 3.63) is 35.9 Å². The molecule has 0 unspecified atom stereocenters. The fourth-order valence-electron chi connectivity index (χ4n) is 1.38. The Morgan fingerprint density at radius 2 is 1.87 bits per heavy atom. The highest BCUT2D eigenvalue weighted by Gasteiger charge is 2.13. The third kappa shape index (κ3) is 2.99. The summed E-state index contributed by atoms with van der Waals surface area (Å²) in [6, 6.07) is 9.75. The molecule has 0 atom stereocenters. The molecule has 1 aliphatic rings. The minimum absolute atomic E-state index is 0.525. The zero-order valence-electron chi connectivity index (χ0n) is 8.39. The predicted molar refractivity (Wildman–Crippen MR) is 61.6 cm³/mol. The molecule has 0 amide bonds. The van der Waals surface area contributed by atoms with Gasteiger partial charge in [0.15, 0.2) is 0 Å². The SMILES string of the molecule is S=C(ON1CCOCC1)c1ccccc1. The van der Waals surface area contributed by atoms with Crippen LogP contribution in [0.1, 0.15) is 5.56 Å². The number of morpholine rings is 1. The first-order valence-corrected chi connectivity index (χ1v) is 5.37. The molecule has 0 radical (unpaired) electrons. The molecule has 15 heavy (non-hydrogen) atoms. The summed E-state index contributed by atoms with van der Waals surface area (Å²) in [4.78, 5) is 5.56. The van der Waals surface area contributed by atoms with Crippen molar-refractivity contribution in [3.8, 4) is 0 Å². The van der Waals surface area contributed by atoms with Crippen LogP contribution in [-0.4, -0.2) is 36.4 Å². The molecular formula is C11H13NO2S. The molecule has 2 rings (SSSR count). The molecule has 3 nitrogen and oxygen atoms in total. The van der Waals surface area contributed by atoms with Gasteiger partial charge in [0.25, 0.3) is 0 Å². The van der Waals surface area contributed by atoms with Gasteiger partial charge >= 0.3 is 0 Å². The van der Waals surface area contributed by atoms with Gasteiger partial charge in [-0.05, 0) is 12.2 Å². The van der Waals surface area contributed by atoms with E-state index in [2.05, 4.69) is 0 Å². The largest absolute Gasteiger partial charge is 0.393 e. The van der Waals surface area contributed by atoms with Crippen molar-refractivity contribution < 1.29 is 9.57 Å². The van der Waals surface area contributed by atoms with Crippen LogP contribution in [-0.2, 0) is 9.57 Å². The van der Waals surface area contributed by atoms with E-state index in [0.717, 1.165) is 18.7 Å². The van der Waals surface area contributed by atoms with Crippen LogP contribution in [0.2, 0.25) is 0 Å². The van der Waals surface area contributed by atoms with Gasteiger partial charge < -0.3 is 9.57 Å². The maximum absolute atomic E-state index is 5.56. The molecule has 80 valence electrons. The van der Waals surface area contributed by atoms with E-state index in [1.807, 2.05) is 35.4 Å². The normalized spacial score (nSPS) is 17.3. The Labute approximate surface area is 94.6 Å². The molecule has 1 aromatic rings. The zero-order chi connectivity index (χ0) is 10.5. The van der Waals surface area contributed by atoms with Gasteiger partial charge in [0, 0.05) is 5.56 Å². The molecule has 0 N–H and O–H groups in total. The number of thiocarbonyl (C=S) groups is 1. The number of hydrogen-bond donors (Lipinski definition) is 0. The average Bonchev–Trinajstić information content (AvgIpc) is 2.31. The second-order valence-electron chi connectivity index (χ2n) is 3.29. The van der Waals surface area contributed by atoms with E-state index in [9.17, 15) is 0 Å². The van der Waals surface area contributed by atoms with E-state index < -0.39 is 0 Å². The number of nitrogens with zero attached hydrogens (tertiary/aromatic N) is 1. The Hall–Kier alpha value is -0.970. The third-order valence-corrected chi connectivity index (χ3v) is 2.50. The van der Waals surface area contributed by atoms with Gasteiger partial charge in [-0.1, -0.05) is 30.3 Å². The van der Waals surface area contributed by atoms with Gasteiger partial charge in [-0.2, -0.15) is 0 Å². The van der Waals surface area contributed by atoms with E-state index >= 15 is 0 Å². The highest BCUT2D eigenvalue weighted by molar-refractivity contribution is 7.80. The van der Waals surface area contributed by atoms with Gasteiger partial charge in [-0.15, -0.1) is 5.06 Å². The van der Waals surface area contributed by atoms with Crippen molar-refractivity contribution in [2.24, 2.45) is 0 Å². The molecule has 4 heteroatoms. The summed E-state index contributed by atoms with van der Waals surface area (Å²) >= 11 is 5.20. The lowest BCUT2D eigenvalue weighted by Crippen LogP contribution is -2.37. The first kappa shape index (κ1) is 10.5. The lowest BCUT2D eigenvalue weighted by Gasteiger charge is -2.26. The molecular weight excluding hydrogens is 210 g/mol. The van der Waals surface area contributed by atoms with Crippen LogP contribution in [0.3, 0.4) is 0 Å². The molecule has 0 saturated carbocycles. The Morgan fingerprint density at radius 3 is 2.53 bits per heavy atom. The van der Waals surface area contributed by atoms with Crippen molar-refractivity contribution in [2.45, 2.75) is 0 Å². The molecule has 1 fully saturated rings. The monoisotopic (exact) mass is 223 g/mol. The number of benzene rings is 1. The first-order chi connectivity index (χ1) is 7.36. The molecule has 0 aromatic heterocycles. The van der Waals surface area contributed by atoms with Gasteiger partial charge in [-0.3, -0.25) is 0 Å². The van der Waals surface area contributed by atoms with E-state index in [0.29, 0.717) is 18.3 Å². The molecule has 1 aromatic carbocycles. The Balaban J connectivity index is 1.91. The maximum Gasteiger partial charge on any atom is 0.218 e. The topological polar surface area (TPSA) is 21.7 Å². The fourth-order valence-corrected chi connectivity index (χ4v) is 1.62. The smallest absolute Gasteiger partial charge is 0.218 e. The molecule has 0 bridgehead atoms. The van der Waals surface area contributed by atoms with Crippen LogP contribution in [0.5, 0.6) is 0 Å². The van der Waals surface area contributed by atoms with Crippen LogP contribution < -0.4 is 0 Å². The summed E-state index contributed by atoms with van der Waals surface area (Å²) in [5.41, 5.74) is 0.944. The number of hydroxylamine groups is 2. The Bertz CT molecular complexity index is 323. The molecule has 1 heterocycles. The summed E-state index contributed by atoms with van der Waals surface area (Å²) in [5, 5.41) is 2.37. The summed E-state index contributed by atoms with van der Waals surface area (Å²) in [7, 11) is 0. The Kier molecular flexibility index (Phi) is 3.66. The van der Waals surface area contributed by atoms with Crippen LogP contribution in [0, 0.1) is 0 Å². The fraction of sp³-hybridized carbons (Fsp3) is 0.364. The average molecular weight is 223 g/mol. The molecule has 1 saturated heterocycles. The highest BCUT2D eigenvalue weighted by Crippen LogP contribution is 2.06. The quantitative estimate of drug-likeness (QED) is 0.710. The molecule has 0 spiro atoms. The van der Waals surface area contributed by atoms with E-state index in [1.54, 1.807) is 0 Å². The lowest BCUT2D eigenvalue weighted by atomic mass is 10.2. The summed E-state index contributed by atoms with van der Waals surface area (Å²) < 4.78 is 5.22. The highest BCUT2D eigenvalue weighted by atomic mass is 32.1. The van der Waals surface area contributed by atoms with Crippen molar-refractivity contribution in [1.82, 2.24) is 5.06 Å². The van der Waals surface area contributed by atoms with Crippen LogP contribution in [0.15, 0.2) is 30.3 Å². The van der Waals surface area contributed by atoms with E-state index in [-0.39, 0.29) is 0 Å². The van der Waals surface area contributed by atoms with E-state index in [1.165, 1.54) is 0 Å². The number of ether oxygens (including phenoxy) is 1. The van der Waals surface area contributed by atoms with Crippen LogP contribution >= 0.6 is 12.2 Å². The minimum atomic E-state index is 0.525. The summed E-state index contributed by atoms with van der Waals surface area (Å²) in [5.74, 6) is 0. The van der Waals surface area contributed by atoms with Crippen molar-refractivity contribution in [1.29, 1.82) is 0 Å². The van der Waals surface area contributed by atoms with Gasteiger partial charge in [0.05, 0.1) is 26.3 Å². The number of hydrogen-bond acceptors (Lipinski definition) is 4. The second kappa shape index (κ2) is 5.21. The summed E-state index contributed by atoms with van der Waals surface area (Å²) in [6.07, 6.45) is 0. The van der Waals surface area contributed by atoms with Crippen molar-refractivity contribution in [2.75, 3.05) is 26.3 Å². The van der Waals surface area contributed by atoms with Gasteiger partial charge in [0.2, 0.25) is 5.05 Å². The van der Waals surface area contributed by atoms with Crippen molar-refractivity contribution in [3.63, 3.8) is 0 Å². The zero-order valence-corrected chi connectivity index (χ0v) is 9.20. The summed E-state index contributed by atoms with van der Waals surface area (Å²) in [6.45, 7) is 2.95. The second-order valence-corrected chi connectivity index (χ2v) is 3.66. The van der Waals surface area contributed by atoms with Crippen molar-refractivity contribution >= 4 is 17.3 Å². The maximum atomic E-state index is 5.56. The van der Waals surface area contributed by atoms with Crippen LogP contribution in [0.25, 0.3) is 0 Å². The van der Waals surface area contributed by atoms with Gasteiger partial charge in [-0.25, -0.2) is 0 Å². The van der Waals surface area contributed by atoms with E-state index in [4.69, 9.17) is 21.8 Å². The lowest BCUT2D eigenvalue weighted by molar-refractivity contribution is -0.126. The standard InChI is InChI=1S/C11H13NO2S/c15-11(10-4-2-1-3-5-10)14-12-6-8-13-9-7-12/h1-5H,6-9H2. The first-order valence-electron chi connectivity index (χ1n) is 4.96. The third-order valence-electron chi connectivity index (χ3n) is 2.19. The Morgan fingerprint density at radius 1 is 1.20 bits per heavy atom. The van der Waals surface area contributed by atoms with Gasteiger partial charge in [0.1, 0.15) is 0 Å². The minimum Gasteiger partial charge on any atom is -0.393 e. The molecule has 1 aliphatic heterocycles. The number of rotatable bonds is 2.